The van der Waals surface area contributed by atoms with E-state index in [1.807, 2.05) is 54.4 Å². The Kier molecular flexibility index (Phi) is 3.63. The van der Waals surface area contributed by atoms with Gasteiger partial charge in [0.1, 0.15) is 5.75 Å². The standard InChI is InChI=1S/C14H15ClN2O/c1-17(12-8-3-4-9-13(12)18-2)14-10(15)6-5-7-11(14)16/h3-9H,16H2,1-2H3. The van der Waals surface area contributed by atoms with Crippen molar-refractivity contribution in [2.45, 2.75) is 0 Å². The first-order chi connectivity index (χ1) is 8.65. The van der Waals surface area contributed by atoms with Gasteiger partial charge in [-0.2, -0.15) is 0 Å². The molecule has 2 N–H and O–H groups in total. The zero-order chi connectivity index (χ0) is 13.1. The summed E-state index contributed by atoms with van der Waals surface area (Å²) in [7, 11) is 3.55. The van der Waals surface area contributed by atoms with E-state index in [-0.39, 0.29) is 0 Å². The average Bonchev–Trinajstić information content (AvgIpc) is 2.38. The number of benzene rings is 2. The van der Waals surface area contributed by atoms with Crippen LogP contribution in [0.15, 0.2) is 42.5 Å². The van der Waals surface area contributed by atoms with Crippen molar-refractivity contribution >= 4 is 28.7 Å². The maximum Gasteiger partial charge on any atom is 0.142 e. The van der Waals surface area contributed by atoms with Gasteiger partial charge in [-0.1, -0.05) is 29.8 Å². The van der Waals surface area contributed by atoms with Gasteiger partial charge in [0, 0.05) is 7.05 Å². The number of ether oxygens (including phenoxy) is 1. The molecule has 0 radical (unpaired) electrons. The van der Waals surface area contributed by atoms with E-state index < -0.39 is 0 Å². The second-order valence-electron chi connectivity index (χ2n) is 3.91. The summed E-state index contributed by atoms with van der Waals surface area (Å²) >= 11 is 6.21. The molecule has 2 rings (SSSR count). The quantitative estimate of drug-likeness (QED) is 0.858. The lowest BCUT2D eigenvalue weighted by atomic mass is 10.2. The van der Waals surface area contributed by atoms with Crippen LogP contribution in [-0.2, 0) is 0 Å². The molecule has 18 heavy (non-hydrogen) atoms. The highest BCUT2D eigenvalue weighted by molar-refractivity contribution is 6.34. The molecule has 0 aliphatic heterocycles. The first-order valence-corrected chi connectivity index (χ1v) is 5.93. The maximum absolute atomic E-state index is 6.21. The second-order valence-corrected chi connectivity index (χ2v) is 4.32. The van der Waals surface area contributed by atoms with Gasteiger partial charge in [-0.05, 0) is 24.3 Å². The maximum atomic E-state index is 6.21. The number of nitrogens with two attached hydrogens (primary N) is 1. The highest BCUT2D eigenvalue weighted by atomic mass is 35.5. The van der Waals surface area contributed by atoms with E-state index in [1.54, 1.807) is 7.11 Å². The molecule has 0 bridgehead atoms. The minimum atomic E-state index is 0.614. The molecule has 0 saturated heterocycles. The molecule has 2 aromatic carbocycles. The van der Waals surface area contributed by atoms with Crippen molar-refractivity contribution in [3.05, 3.63) is 47.5 Å². The topological polar surface area (TPSA) is 38.5 Å². The Morgan fingerprint density at radius 1 is 1.11 bits per heavy atom. The predicted molar refractivity (Wildman–Crippen MR) is 76.9 cm³/mol. The molecule has 0 aliphatic carbocycles. The van der Waals surface area contributed by atoms with Gasteiger partial charge in [0.2, 0.25) is 0 Å². The van der Waals surface area contributed by atoms with Gasteiger partial charge >= 0.3 is 0 Å². The lowest BCUT2D eigenvalue weighted by molar-refractivity contribution is 0.415. The van der Waals surface area contributed by atoms with Gasteiger partial charge in [-0.3, -0.25) is 0 Å². The summed E-state index contributed by atoms with van der Waals surface area (Å²) in [6.07, 6.45) is 0. The zero-order valence-electron chi connectivity index (χ0n) is 10.4. The second kappa shape index (κ2) is 5.19. The number of methoxy groups -OCH3 is 1. The summed E-state index contributed by atoms with van der Waals surface area (Å²) in [5.74, 6) is 0.777. The SMILES string of the molecule is COc1ccccc1N(C)c1c(N)cccc1Cl. The third-order valence-electron chi connectivity index (χ3n) is 2.80. The van der Waals surface area contributed by atoms with Crippen molar-refractivity contribution in [2.75, 3.05) is 24.8 Å². The van der Waals surface area contributed by atoms with Crippen LogP contribution in [0.1, 0.15) is 0 Å². The molecule has 0 amide bonds. The van der Waals surface area contributed by atoms with E-state index in [4.69, 9.17) is 22.1 Å². The Balaban J connectivity index is 2.51. The van der Waals surface area contributed by atoms with Crippen LogP contribution in [0.2, 0.25) is 5.02 Å². The summed E-state index contributed by atoms with van der Waals surface area (Å²) in [6.45, 7) is 0. The largest absolute Gasteiger partial charge is 0.495 e. The Morgan fingerprint density at radius 2 is 1.83 bits per heavy atom. The van der Waals surface area contributed by atoms with E-state index >= 15 is 0 Å². The fourth-order valence-corrected chi connectivity index (χ4v) is 2.22. The number of anilines is 3. The van der Waals surface area contributed by atoms with Gasteiger partial charge in [-0.25, -0.2) is 0 Å². The van der Waals surface area contributed by atoms with Gasteiger partial charge in [0.05, 0.1) is 29.2 Å². The molecule has 0 spiro atoms. The summed E-state index contributed by atoms with van der Waals surface area (Å²) in [6, 6.07) is 13.2. The van der Waals surface area contributed by atoms with Crippen LogP contribution in [0.3, 0.4) is 0 Å². The van der Waals surface area contributed by atoms with Crippen molar-refractivity contribution < 1.29 is 4.74 Å². The molecule has 2 aromatic rings. The van der Waals surface area contributed by atoms with Crippen LogP contribution in [0, 0.1) is 0 Å². The molecule has 0 heterocycles. The number of rotatable bonds is 3. The number of nitrogen functional groups attached to an aromatic ring is 1. The number of hydrogen-bond acceptors (Lipinski definition) is 3. The van der Waals surface area contributed by atoms with Crippen molar-refractivity contribution in [3.8, 4) is 5.75 Å². The molecule has 0 fully saturated rings. The molecule has 0 unspecified atom stereocenters. The Hall–Kier alpha value is -1.87. The molecule has 0 saturated carbocycles. The molecule has 94 valence electrons. The van der Waals surface area contributed by atoms with Crippen molar-refractivity contribution in [1.29, 1.82) is 0 Å². The minimum Gasteiger partial charge on any atom is -0.495 e. The van der Waals surface area contributed by atoms with Crippen LogP contribution in [0.25, 0.3) is 0 Å². The minimum absolute atomic E-state index is 0.614. The van der Waals surface area contributed by atoms with E-state index in [0.29, 0.717) is 10.7 Å². The number of hydrogen-bond donors (Lipinski definition) is 1. The summed E-state index contributed by atoms with van der Waals surface area (Å²) in [5, 5.41) is 0.614. The smallest absolute Gasteiger partial charge is 0.142 e. The van der Waals surface area contributed by atoms with Crippen LogP contribution < -0.4 is 15.4 Å². The summed E-state index contributed by atoms with van der Waals surface area (Å²) < 4.78 is 5.34. The van der Waals surface area contributed by atoms with E-state index in [1.165, 1.54) is 0 Å². The monoisotopic (exact) mass is 262 g/mol. The molecule has 0 aliphatic rings. The fraction of sp³-hybridized carbons (Fsp3) is 0.143. The molecular formula is C14H15ClN2O. The number of para-hydroxylation sites is 3. The highest BCUT2D eigenvalue weighted by Gasteiger charge is 2.14. The Labute approximate surface area is 112 Å². The van der Waals surface area contributed by atoms with Gasteiger partial charge < -0.3 is 15.4 Å². The van der Waals surface area contributed by atoms with Crippen molar-refractivity contribution in [2.24, 2.45) is 0 Å². The van der Waals surface area contributed by atoms with Crippen LogP contribution >= 0.6 is 11.6 Å². The zero-order valence-corrected chi connectivity index (χ0v) is 11.1. The normalized spacial score (nSPS) is 10.2. The van der Waals surface area contributed by atoms with Crippen LogP contribution in [0.4, 0.5) is 17.1 Å². The molecule has 0 atom stereocenters. The van der Waals surface area contributed by atoms with E-state index in [2.05, 4.69) is 0 Å². The predicted octanol–water partition coefficient (Wildman–Crippen LogP) is 3.70. The number of nitrogens with zero attached hydrogens (tertiary/aromatic N) is 1. The van der Waals surface area contributed by atoms with E-state index in [9.17, 15) is 0 Å². The third-order valence-corrected chi connectivity index (χ3v) is 3.10. The van der Waals surface area contributed by atoms with Crippen LogP contribution in [0.5, 0.6) is 5.75 Å². The van der Waals surface area contributed by atoms with Gasteiger partial charge in [0.15, 0.2) is 0 Å². The van der Waals surface area contributed by atoms with Gasteiger partial charge in [-0.15, -0.1) is 0 Å². The van der Waals surface area contributed by atoms with Gasteiger partial charge in [0.25, 0.3) is 0 Å². The average molecular weight is 263 g/mol. The summed E-state index contributed by atoms with van der Waals surface area (Å²) in [5.41, 5.74) is 8.32. The Morgan fingerprint density at radius 3 is 2.50 bits per heavy atom. The summed E-state index contributed by atoms with van der Waals surface area (Å²) in [4.78, 5) is 1.93. The number of halogens is 1. The first kappa shape index (κ1) is 12.6. The molecule has 3 nitrogen and oxygen atoms in total. The fourth-order valence-electron chi connectivity index (χ4n) is 1.91. The van der Waals surface area contributed by atoms with E-state index in [0.717, 1.165) is 17.1 Å². The lowest BCUT2D eigenvalue weighted by Crippen LogP contribution is -2.13. The first-order valence-electron chi connectivity index (χ1n) is 5.56. The lowest BCUT2D eigenvalue weighted by Gasteiger charge is -2.24. The van der Waals surface area contributed by atoms with Crippen molar-refractivity contribution in [3.63, 3.8) is 0 Å². The molecular weight excluding hydrogens is 248 g/mol. The van der Waals surface area contributed by atoms with Crippen molar-refractivity contribution in [1.82, 2.24) is 0 Å². The highest BCUT2D eigenvalue weighted by Crippen LogP contribution is 2.39. The molecule has 0 aromatic heterocycles. The third kappa shape index (κ3) is 2.22. The van der Waals surface area contributed by atoms with Crippen LogP contribution in [-0.4, -0.2) is 14.2 Å². The molecule has 4 heteroatoms. The Bertz CT molecular complexity index is 537.